The molecule has 2 aromatic heterocycles. The summed E-state index contributed by atoms with van der Waals surface area (Å²) in [4.78, 5) is 252. The van der Waals surface area contributed by atoms with Crippen LogP contribution in [-0.4, -0.2) is 363 Å². The fraction of sp³-hybridized carbons (Fsp3) is 0.606. The molecule has 1 fully saturated rings. The van der Waals surface area contributed by atoms with Crippen LogP contribution in [0.2, 0.25) is 0 Å². The highest BCUT2D eigenvalue weighted by Crippen LogP contribution is 2.34. The van der Waals surface area contributed by atoms with Gasteiger partial charge in [0.2, 0.25) is 59.1 Å². The number of fused-ring (bicyclic) bond motifs is 6. The number of primary amides is 2. The van der Waals surface area contributed by atoms with E-state index in [9.17, 15) is 92.0 Å². The van der Waals surface area contributed by atoms with Crippen molar-refractivity contribution in [2.24, 2.45) is 41.1 Å². The molecule has 3 aliphatic rings. The van der Waals surface area contributed by atoms with E-state index in [1.807, 2.05) is 13.8 Å². The first-order chi connectivity index (χ1) is 69.8. The molecule has 14 atom stereocenters. The number of amides is 12. The highest BCUT2D eigenvalue weighted by Gasteiger charge is 2.46. The van der Waals surface area contributed by atoms with Gasteiger partial charge in [-0.1, -0.05) is 72.2 Å². The van der Waals surface area contributed by atoms with E-state index in [0.29, 0.717) is 81.1 Å². The van der Waals surface area contributed by atoms with Crippen LogP contribution in [0, 0.1) is 29.6 Å². The molecule has 0 spiro atoms. The van der Waals surface area contributed by atoms with Crippen LogP contribution >= 0.6 is 0 Å². The lowest BCUT2D eigenvalue weighted by molar-refractivity contribution is -0.145. The number of aromatic amines is 1. The Balaban J connectivity index is 0.964. The Bertz CT molecular complexity index is 5320. The molecule has 46 nitrogen and oxygen atoms in total. The van der Waals surface area contributed by atoms with Crippen LogP contribution in [-0.2, 0) is 153 Å². The number of likely N-dealkylation sites (N-methyl/N-ethyl adjacent to an activating group) is 1. The number of Topliss-reactive ketones (excluding diaryl/α,β-unsaturated/α-hetero) is 5. The summed E-state index contributed by atoms with van der Waals surface area (Å²) >= 11 is 0. The highest BCUT2D eigenvalue weighted by molar-refractivity contribution is 7.85. The number of aliphatic hydroxyl groups excluding tert-OH is 3. The predicted molar refractivity (Wildman–Crippen MR) is 525 cm³/mol. The first-order valence-electron chi connectivity index (χ1n) is 49.1. The molecule has 0 aliphatic carbocycles. The lowest BCUT2D eigenvalue weighted by Gasteiger charge is -2.32. The van der Waals surface area contributed by atoms with Crippen molar-refractivity contribution in [1.82, 2.24) is 66.9 Å². The number of aryl methyl sites for hydroxylation is 2. The van der Waals surface area contributed by atoms with Gasteiger partial charge in [0.05, 0.1) is 205 Å². The Hall–Kier alpha value is -12.2. The predicted octanol–water partition coefficient (Wildman–Crippen LogP) is 0.0804. The largest absolute Gasteiger partial charge is 0.445 e. The Labute approximate surface area is 848 Å². The van der Waals surface area contributed by atoms with E-state index in [1.54, 1.807) is 63.4 Å². The molecule has 3 aromatic carbocycles. The molecule has 12 amide bonds. The number of rotatable bonds is 55. The maximum Gasteiger partial charge on any atom is 0.415 e. The summed E-state index contributed by atoms with van der Waals surface area (Å²) in [5, 5.41) is 50.0. The third kappa shape index (κ3) is 38.3. The molecule has 5 aromatic rings. The molecule has 804 valence electrons. The lowest BCUT2D eigenvalue weighted by Crippen LogP contribution is -2.56. The molecular weight excluding hydrogens is 1930 g/mol. The third-order valence-corrected chi connectivity index (χ3v) is 26.5. The van der Waals surface area contributed by atoms with Gasteiger partial charge in [-0.3, -0.25) is 76.1 Å². The van der Waals surface area contributed by atoms with E-state index >= 15 is 9.00 Å². The monoisotopic (exact) mass is 2070 g/mol. The number of hydrogen-bond donors (Lipinski definition) is 13. The van der Waals surface area contributed by atoms with E-state index in [-0.39, 0.29) is 144 Å². The number of aromatic nitrogens is 3. The van der Waals surface area contributed by atoms with Gasteiger partial charge in [0, 0.05) is 133 Å². The van der Waals surface area contributed by atoms with Gasteiger partial charge in [0.25, 0.3) is 0 Å². The maximum absolute atomic E-state index is 15.5. The van der Waals surface area contributed by atoms with Crippen molar-refractivity contribution in [3.05, 3.63) is 94.3 Å². The first-order valence-corrected chi connectivity index (χ1v) is 50.5. The number of aliphatic hydroxyl groups is 3. The fourth-order valence-corrected chi connectivity index (χ4v) is 17.8. The topological polar surface area (TPSA) is 648 Å². The Morgan fingerprint density at radius 1 is 0.623 bits per heavy atom. The number of H-pyrrole nitrogens is 1. The average molecular weight is 2070 g/mol. The number of benzene rings is 3. The molecule has 0 radical (unpaired) electrons. The second-order valence-corrected chi connectivity index (χ2v) is 37.6. The summed E-state index contributed by atoms with van der Waals surface area (Å²) < 4.78 is 71.3. The number of ether oxygens (including phenoxy) is 10. The smallest absolute Gasteiger partial charge is 0.415 e. The van der Waals surface area contributed by atoms with Crippen molar-refractivity contribution in [3.63, 3.8) is 0 Å². The molecule has 2 bridgehead atoms. The molecule has 15 N–H and O–H groups in total. The van der Waals surface area contributed by atoms with Crippen molar-refractivity contribution >= 4 is 133 Å². The fourth-order valence-electron chi connectivity index (χ4n) is 16.3. The lowest BCUT2D eigenvalue weighted by atomic mass is 9.85. The van der Waals surface area contributed by atoms with Crippen LogP contribution in [0.25, 0.3) is 21.9 Å². The van der Waals surface area contributed by atoms with Crippen molar-refractivity contribution in [1.29, 1.82) is 0 Å². The summed E-state index contributed by atoms with van der Waals surface area (Å²) in [5.41, 5.74) is 15.9. The number of methoxy groups -OCH3 is 1. The van der Waals surface area contributed by atoms with Crippen LogP contribution in [0.5, 0.6) is 5.75 Å². The number of nitrogens with zero attached hydrogens (tertiary/aromatic N) is 5. The minimum absolute atomic E-state index is 0.0117. The van der Waals surface area contributed by atoms with Crippen molar-refractivity contribution in [2.45, 2.75) is 198 Å². The SMILES string of the molecule is CCc1nc2ccc(C(=O)CCCOCCOCCOCCN(CCN(C)C(=O)Oc3ccc4c5c([nH]c4c3)S(=O)C[C@@H]3NC(=O)CNC(=O)[C@H]([C@@H](C)CC)NC(=O)CNC(=O)[C@H](CC(=O)[C@H]([C@@H](C)[C@@H](O)CO)NC(=O)[C@@H]4C[C@@H](O)CN4C(=O)[C@H](CC(N)=O)CC3=O)C5)C(=O)OCc3ccc(CC(=O)[C@H](CC(N)=O)NC(=O)[C@H](C)CC(=O)[C@H](C)NC(=O)CCOCCOCCOCCOCCOC)cc3)cc2nc1CC. The van der Waals surface area contributed by atoms with Gasteiger partial charge < -0.3 is 131 Å². The molecule has 0 saturated carbocycles. The minimum Gasteiger partial charge on any atom is -0.445 e. The molecule has 146 heavy (non-hydrogen) atoms. The molecule has 1 saturated heterocycles. The normalized spacial score (nSPS) is 19.6. The summed E-state index contributed by atoms with van der Waals surface area (Å²) in [7, 11) is 0.393. The van der Waals surface area contributed by atoms with Gasteiger partial charge in [-0.2, -0.15) is 0 Å². The molecule has 47 heteroatoms. The van der Waals surface area contributed by atoms with Gasteiger partial charge in [0.15, 0.2) is 28.9 Å². The Morgan fingerprint density at radius 3 is 1.86 bits per heavy atom. The zero-order valence-electron chi connectivity index (χ0n) is 84.2. The second-order valence-electron chi connectivity index (χ2n) is 36.2. The van der Waals surface area contributed by atoms with Crippen LogP contribution in [0.15, 0.2) is 65.7 Å². The Kier molecular flexibility index (Phi) is 50.1. The number of hydrogen-bond acceptors (Lipinski definition) is 33. The number of carbonyl (C=O) groups excluding carboxylic acids is 17. The van der Waals surface area contributed by atoms with E-state index in [2.05, 4.69) is 42.2 Å². The van der Waals surface area contributed by atoms with Crippen LogP contribution < -0.4 is 53.4 Å². The standard InChI is InChI=1S/C99H141N15O31S/c1-10-58(4)90-95(131)103-52-88(126)107-77-57-146(135)96-70(44-65(93(129)102-53-89(127)110-90)46-83(121)91(60(6)84(122)55-115)111-94(130)78-49-67(116)54-114(78)97(132)66(47-82(77)120)48-85(100)123)69-21-20-68(50-74(69)109-96)145-98(133)112(8)24-25-113(26-29-139-34-37-141-35-32-137-27-13-14-79(117)64-19-22-73-75(45-64)106-72(12-3)71(11-2)105-73)99(134)144-56-63-17-15-62(16-18-63)43-81(119)76(51-86(101)124)108-92(128)59(5)42-80(118)61(7)104-87(125)23-28-138-33-36-142-40-41-143-39-38-140-31-30-136-9/h15-22,45,50,58-61,65-67,76-78,84,90-91,109,115-116,122H,10-14,23-44,46-49,51-57H2,1-9H3,(H2,100,123)(H2,101,124)(H,102,129)(H,103,131)(H,104,125)(H,107,126)(H,108,128)(H,110,127)(H,111,130)/t58-,59+,60-,61-,65-,66-,67+,76-,77-,78-,84-,90-,91-,146?/m0/s1. The number of nitrogens with one attached hydrogen (secondary N) is 8. The third-order valence-electron chi connectivity index (χ3n) is 25.1. The number of carbonyl (C=O) groups is 17. The van der Waals surface area contributed by atoms with Crippen LogP contribution in [0.4, 0.5) is 9.59 Å². The van der Waals surface area contributed by atoms with Crippen molar-refractivity contribution < 1.29 is 148 Å². The summed E-state index contributed by atoms with van der Waals surface area (Å²) in [6.45, 7) is 11.3. The molecule has 5 heterocycles. The zero-order chi connectivity index (χ0) is 107. The molecule has 8 rings (SSSR count). The highest BCUT2D eigenvalue weighted by atomic mass is 32.2. The van der Waals surface area contributed by atoms with Crippen molar-refractivity contribution in [3.8, 4) is 5.75 Å². The summed E-state index contributed by atoms with van der Waals surface area (Å²) in [6.07, 6.45) is -7.46. The quantitative estimate of drug-likeness (QED) is 0.0181. The average Bonchev–Trinajstić information content (AvgIpc) is 1.63. The van der Waals surface area contributed by atoms with E-state index in [0.717, 1.165) is 33.1 Å². The number of ketones is 5. The second kappa shape index (κ2) is 61.5. The van der Waals surface area contributed by atoms with Gasteiger partial charge >= 0.3 is 12.2 Å². The Morgan fingerprint density at radius 2 is 1.23 bits per heavy atom. The van der Waals surface area contributed by atoms with E-state index in [4.69, 9.17) is 68.8 Å². The zero-order valence-corrected chi connectivity index (χ0v) is 85.0. The minimum atomic E-state index is -2.55. The van der Waals surface area contributed by atoms with Crippen LogP contribution in [0.1, 0.15) is 151 Å². The van der Waals surface area contributed by atoms with Gasteiger partial charge in [-0.05, 0) is 85.5 Å². The first kappa shape index (κ1) is 119. The summed E-state index contributed by atoms with van der Waals surface area (Å²) in [6, 6.07) is 6.65. The van der Waals surface area contributed by atoms with Gasteiger partial charge in [-0.25, -0.2) is 19.6 Å². The van der Waals surface area contributed by atoms with E-state index in [1.165, 1.54) is 50.9 Å². The molecule has 3 aliphatic heterocycles. The van der Waals surface area contributed by atoms with Gasteiger partial charge in [-0.15, -0.1) is 0 Å². The number of nitrogens with two attached hydrogens (primary N) is 2. The van der Waals surface area contributed by atoms with Crippen molar-refractivity contribution in [2.75, 3.05) is 165 Å². The summed E-state index contributed by atoms with van der Waals surface area (Å²) in [5.74, 6) is -19.6. The van der Waals surface area contributed by atoms with Crippen LogP contribution in [0.3, 0.4) is 0 Å². The van der Waals surface area contributed by atoms with E-state index < -0.39 is 254 Å². The molecular formula is C99H141N15O31S. The molecule has 1 unspecified atom stereocenters. The maximum atomic E-state index is 15.5. The van der Waals surface area contributed by atoms with Gasteiger partial charge in [0.1, 0.15) is 29.5 Å².